The number of hydrogen-bond donors (Lipinski definition) is 1. The smallest absolute Gasteiger partial charge is 0.274 e. The molecule has 1 N–H and O–H groups in total. The van der Waals surface area contributed by atoms with E-state index in [0.717, 1.165) is 31.2 Å². The molecule has 2 heterocycles. The number of hydrazone groups is 1. The number of anilines is 1. The van der Waals surface area contributed by atoms with Crippen molar-refractivity contribution in [1.29, 1.82) is 0 Å². The van der Waals surface area contributed by atoms with E-state index in [-0.39, 0.29) is 29.3 Å². The van der Waals surface area contributed by atoms with Crippen LogP contribution in [0.1, 0.15) is 48.7 Å². The first-order chi connectivity index (χ1) is 14.1. The van der Waals surface area contributed by atoms with Crippen LogP contribution in [0, 0.1) is 11.8 Å². The van der Waals surface area contributed by atoms with Crippen LogP contribution in [0.4, 0.5) is 5.69 Å². The number of imide groups is 1. The second-order valence-corrected chi connectivity index (χ2v) is 7.41. The van der Waals surface area contributed by atoms with Crippen LogP contribution < -0.4 is 10.3 Å². The molecule has 0 bridgehead atoms. The fourth-order valence-electron chi connectivity index (χ4n) is 4.02. The van der Waals surface area contributed by atoms with Gasteiger partial charge in [0, 0.05) is 6.20 Å². The topological polar surface area (TPSA) is 91.7 Å². The number of carbonyl (C=O) groups is 3. The second kappa shape index (κ2) is 7.95. The van der Waals surface area contributed by atoms with Gasteiger partial charge in [-0.3, -0.25) is 24.3 Å². The zero-order valence-corrected chi connectivity index (χ0v) is 16.2. The van der Waals surface area contributed by atoms with Crippen LogP contribution in [0.5, 0.6) is 0 Å². The van der Waals surface area contributed by atoms with Gasteiger partial charge in [0.15, 0.2) is 0 Å². The lowest BCUT2D eigenvalue weighted by Gasteiger charge is -2.19. The van der Waals surface area contributed by atoms with Gasteiger partial charge in [-0.2, -0.15) is 5.10 Å². The third-order valence-corrected chi connectivity index (χ3v) is 5.61. The van der Waals surface area contributed by atoms with Crippen LogP contribution in [0.15, 0.2) is 53.8 Å². The van der Waals surface area contributed by atoms with Crippen molar-refractivity contribution in [3.8, 4) is 0 Å². The molecule has 148 valence electrons. The summed E-state index contributed by atoms with van der Waals surface area (Å²) < 4.78 is 0. The lowest BCUT2D eigenvalue weighted by Crippen LogP contribution is -2.30. The minimum atomic E-state index is -0.391. The third kappa shape index (κ3) is 3.68. The van der Waals surface area contributed by atoms with Gasteiger partial charge in [-0.25, -0.2) is 5.43 Å². The van der Waals surface area contributed by atoms with Gasteiger partial charge in [0.2, 0.25) is 11.8 Å². The van der Waals surface area contributed by atoms with Crippen LogP contribution in [0.2, 0.25) is 0 Å². The average molecular weight is 390 g/mol. The van der Waals surface area contributed by atoms with Crippen LogP contribution in [0.3, 0.4) is 0 Å². The van der Waals surface area contributed by atoms with E-state index in [9.17, 15) is 14.4 Å². The highest BCUT2D eigenvalue weighted by Gasteiger charge is 2.48. The molecule has 1 saturated carbocycles. The van der Waals surface area contributed by atoms with Gasteiger partial charge in [0.1, 0.15) is 5.69 Å². The molecule has 7 heteroatoms. The number of amides is 3. The summed E-state index contributed by atoms with van der Waals surface area (Å²) in [6.45, 7) is 1.77. The van der Waals surface area contributed by atoms with Gasteiger partial charge in [-0.05, 0) is 49.6 Å². The van der Waals surface area contributed by atoms with Crippen molar-refractivity contribution in [3.63, 3.8) is 0 Å². The highest BCUT2D eigenvalue weighted by Crippen LogP contribution is 2.40. The highest BCUT2D eigenvalue weighted by molar-refractivity contribution is 6.22. The third-order valence-electron chi connectivity index (χ3n) is 5.61. The summed E-state index contributed by atoms with van der Waals surface area (Å²) in [5.74, 6) is -0.888. The first-order valence-electron chi connectivity index (χ1n) is 9.80. The molecule has 1 aliphatic carbocycles. The van der Waals surface area contributed by atoms with Gasteiger partial charge in [0.25, 0.3) is 5.91 Å². The van der Waals surface area contributed by atoms with Crippen molar-refractivity contribution < 1.29 is 14.4 Å². The predicted molar refractivity (Wildman–Crippen MR) is 108 cm³/mol. The molecule has 2 atom stereocenters. The fourth-order valence-corrected chi connectivity index (χ4v) is 4.02. The molecule has 1 saturated heterocycles. The van der Waals surface area contributed by atoms with Crippen LogP contribution >= 0.6 is 0 Å². The number of benzene rings is 1. The molecule has 7 nitrogen and oxygen atoms in total. The Morgan fingerprint density at radius 2 is 1.69 bits per heavy atom. The summed E-state index contributed by atoms with van der Waals surface area (Å²) in [6, 6.07) is 12.2. The van der Waals surface area contributed by atoms with Crippen molar-refractivity contribution in [3.05, 3.63) is 59.9 Å². The Bertz CT molecular complexity index is 945. The van der Waals surface area contributed by atoms with E-state index in [1.54, 1.807) is 55.6 Å². The number of carbonyl (C=O) groups excluding carboxylic acids is 3. The molecular weight excluding hydrogens is 368 g/mol. The van der Waals surface area contributed by atoms with E-state index in [2.05, 4.69) is 15.5 Å². The largest absolute Gasteiger partial charge is 0.289 e. The normalized spacial score (nSPS) is 21.8. The Labute approximate surface area is 168 Å². The number of hydrogen-bond acceptors (Lipinski definition) is 5. The van der Waals surface area contributed by atoms with Gasteiger partial charge < -0.3 is 0 Å². The number of aromatic nitrogens is 1. The maximum Gasteiger partial charge on any atom is 0.289 e. The maximum absolute atomic E-state index is 12.7. The van der Waals surface area contributed by atoms with E-state index in [1.165, 1.54) is 4.90 Å². The number of nitrogens with one attached hydrogen (secondary N) is 1. The molecule has 1 aliphatic heterocycles. The summed E-state index contributed by atoms with van der Waals surface area (Å²) in [5, 5.41) is 4.12. The van der Waals surface area contributed by atoms with Crippen molar-refractivity contribution in [2.45, 2.75) is 32.6 Å². The van der Waals surface area contributed by atoms with E-state index < -0.39 is 5.91 Å². The Kier molecular flexibility index (Phi) is 5.20. The SMILES string of the molecule is C/C(=N\NC(=O)c1ccccn1)c1ccc(N2C(=O)[C@H]3CCCC[C@H]3C2=O)cc1. The van der Waals surface area contributed by atoms with E-state index in [0.29, 0.717) is 11.4 Å². The zero-order valence-electron chi connectivity index (χ0n) is 16.2. The Morgan fingerprint density at radius 3 is 2.28 bits per heavy atom. The summed E-state index contributed by atoms with van der Waals surface area (Å²) in [5.41, 5.74) is 4.74. The summed E-state index contributed by atoms with van der Waals surface area (Å²) in [7, 11) is 0. The molecule has 0 radical (unpaired) electrons. The minimum Gasteiger partial charge on any atom is -0.274 e. The lowest BCUT2D eigenvalue weighted by molar-refractivity contribution is -0.122. The van der Waals surface area contributed by atoms with Crippen molar-refractivity contribution >= 4 is 29.1 Å². The quantitative estimate of drug-likeness (QED) is 0.494. The summed E-state index contributed by atoms with van der Waals surface area (Å²) >= 11 is 0. The number of fused-ring (bicyclic) bond motifs is 1. The fraction of sp³-hybridized carbons (Fsp3) is 0.318. The zero-order chi connectivity index (χ0) is 20.4. The van der Waals surface area contributed by atoms with Gasteiger partial charge in [-0.1, -0.05) is 31.0 Å². The number of nitrogens with zero attached hydrogens (tertiary/aromatic N) is 3. The molecule has 3 amide bonds. The first-order valence-corrected chi connectivity index (χ1v) is 9.80. The first kappa shape index (κ1) is 19.0. The van der Waals surface area contributed by atoms with Crippen LogP contribution in [-0.2, 0) is 9.59 Å². The Balaban J connectivity index is 1.47. The van der Waals surface area contributed by atoms with Crippen molar-refractivity contribution in [2.75, 3.05) is 4.90 Å². The monoisotopic (exact) mass is 390 g/mol. The Hall–Kier alpha value is -3.35. The second-order valence-electron chi connectivity index (χ2n) is 7.41. The molecule has 0 spiro atoms. The van der Waals surface area contributed by atoms with E-state index >= 15 is 0 Å². The van der Waals surface area contributed by atoms with Crippen molar-refractivity contribution in [1.82, 2.24) is 10.4 Å². The van der Waals surface area contributed by atoms with E-state index in [4.69, 9.17) is 0 Å². The number of rotatable bonds is 4. The van der Waals surface area contributed by atoms with Gasteiger partial charge in [0.05, 0.1) is 23.2 Å². The maximum atomic E-state index is 12.7. The molecular formula is C22H22N4O3. The molecule has 29 heavy (non-hydrogen) atoms. The molecule has 2 aromatic rings. The van der Waals surface area contributed by atoms with Gasteiger partial charge >= 0.3 is 0 Å². The van der Waals surface area contributed by atoms with Crippen LogP contribution in [0.25, 0.3) is 0 Å². The standard InChI is InChI=1S/C22H22N4O3/c1-14(24-25-20(27)19-8-4-5-13-23-19)15-9-11-16(12-10-15)26-21(28)17-6-2-3-7-18(17)22(26)29/h4-5,8-13,17-18H,2-3,6-7H2,1H3,(H,25,27)/b24-14+/t17-,18+. The molecule has 2 aliphatic rings. The molecule has 1 aromatic heterocycles. The molecule has 1 aromatic carbocycles. The Morgan fingerprint density at radius 1 is 1.03 bits per heavy atom. The summed E-state index contributed by atoms with van der Waals surface area (Å²) in [6.07, 6.45) is 5.15. The predicted octanol–water partition coefficient (Wildman–Crippen LogP) is 2.92. The summed E-state index contributed by atoms with van der Waals surface area (Å²) in [4.78, 5) is 42.8. The molecule has 2 fully saturated rings. The van der Waals surface area contributed by atoms with Crippen molar-refractivity contribution in [2.24, 2.45) is 16.9 Å². The minimum absolute atomic E-state index is 0.0829. The average Bonchev–Trinajstić information content (AvgIpc) is 3.03. The highest BCUT2D eigenvalue weighted by atomic mass is 16.2. The van der Waals surface area contributed by atoms with Crippen LogP contribution in [-0.4, -0.2) is 28.4 Å². The van der Waals surface area contributed by atoms with Gasteiger partial charge in [-0.15, -0.1) is 0 Å². The lowest BCUT2D eigenvalue weighted by atomic mass is 9.81. The van der Waals surface area contributed by atoms with E-state index in [1.807, 2.05) is 0 Å². The molecule has 4 rings (SSSR count). The molecule has 0 unspecified atom stereocenters. The number of pyridine rings is 1.